The third-order valence-electron chi connectivity index (χ3n) is 4.76. The summed E-state index contributed by atoms with van der Waals surface area (Å²) in [5, 5.41) is 0.306. The van der Waals surface area contributed by atoms with Crippen molar-refractivity contribution in [2.24, 2.45) is 0 Å². The van der Waals surface area contributed by atoms with Crippen LogP contribution in [0.25, 0.3) is 0 Å². The molecule has 0 spiro atoms. The maximum atomic E-state index is 13.6. The molecule has 1 fully saturated rings. The van der Waals surface area contributed by atoms with Crippen LogP contribution in [0.4, 0.5) is 0 Å². The summed E-state index contributed by atoms with van der Waals surface area (Å²) in [4.78, 5) is 0.0307. The quantitative estimate of drug-likeness (QED) is 0.589. The molecule has 2 aromatic carbocycles. The van der Waals surface area contributed by atoms with Crippen LogP contribution in [-0.2, 0) is 10.0 Å². The Hall–Kier alpha value is -1.48. The predicted octanol–water partition coefficient (Wildman–Crippen LogP) is 4.65. The maximum Gasteiger partial charge on any atom is 0.247 e. The van der Waals surface area contributed by atoms with Gasteiger partial charge < -0.3 is 14.2 Å². The molecule has 0 amide bonds. The second-order valence-electron chi connectivity index (χ2n) is 6.30. The zero-order chi connectivity index (χ0) is 20.5. The van der Waals surface area contributed by atoms with Crippen LogP contribution in [0, 0.1) is 0 Å². The number of rotatable bonds is 6. The van der Waals surface area contributed by atoms with Gasteiger partial charge in [0.15, 0.2) is 5.75 Å². The topological polar surface area (TPSA) is 65.1 Å². The van der Waals surface area contributed by atoms with Crippen LogP contribution in [0.2, 0.25) is 5.02 Å². The fraction of sp³-hybridized carbons (Fsp3) is 0.368. The highest BCUT2D eigenvalue weighted by molar-refractivity contribution is 9.10. The van der Waals surface area contributed by atoms with Gasteiger partial charge in [0.25, 0.3) is 0 Å². The van der Waals surface area contributed by atoms with Crippen LogP contribution in [0.5, 0.6) is 17.2 Å². The van der Waals surface area contributed by atoms with Gasteiger partial charge in [-0.25, -0.2) is 8.42 Å². The molecular weight excluding hydrogens is 470 g/mol. The second kappa shape index (κ2) is 8.49. The lowest BCUT2D eigenvalue weighted by Crippen LogP contribution is -2.31. The van der Waals surface area contributed by atoms with Gasteiger partial charge in [-0.2, -0.15) is 4.31 Å². The minimum absolute atomic E-state index is 0.0307. The van der Waals surface area contributed by atoms with E-state index in [1.807, 2.05) is 6.07 Å². The highest BCUT2D eigenvalue weighted by Gasteiger charge is 2.39. The predicted molar refractivity (Wildman–Crippen MR) is 111 cm³/mol. The fourth-order valence-corrected chi connectivity index (χ4v) is 6.54. The summed E-state index contributed by atoms with van der Waals surface area (Å²) in [6.07, 6.45) is 1.40. The fourth-order valence-electron chi connectivity index (χ4n) is 3.49. The number of hydrogen-bond donors (Lipinski definition) is 0. The van der Waals surface area contributed by atoms with Crippen LogP contribution < -0.4 is 14.2 Å². The minimum atomic E-state index is -3.87. The molecule has 1 unspecified atom stereocenters. The van der Waals surface area contributed by atoms with Crippen molar-refractivity contribution in [3.63, 3.8) is 0 Å². The van der Waals surface area contributed by atoms with Crippen molar-refractivity contribution in [3.8, 4) is 17.2 Å². The number of methoxy groups -OCH3 is 3. The van der Waals surface area contributed by atoms with Crippen molar-refractivity contribution in [1.29, 1.82) is 0 Å². The Bertz CT molecular complexity index is 983. The van der Waals surface area contributed by atoms with E-state index in [1.165, 1.54) is 17.5 Å². The summed E-state index contributed by atoms with van der Waals surface area (Å²) in [6.45, 7) is 0.390. The Morgan fingerprint density at radius 1 is 1.11 bits per heavy atom. The Morgan fingerprint density at radius 2 is 1.86 bits per heavy atom. The monoisotopic (exact) mass is 489 g/mol. The van der Waals surface area contributed by atoms with E-state index in [1.54, 1.807) is 32.4 Å². The molecule has 0 N–H and O–H groups in total. The number of ether oxygens (including phenoxy) is 3. The molecule has 1 atom stereocenters. The van der Waals surface area contributed by atoms with Crippen molar-refractivity contribution in [3.05, 3.63) is 45.4 Å². The molecule has 28 heavy (non-hydrogen) atoms. The van der Waals surface area contributed by atoms with Crippen molar-refractivity contribution < 1.29 is 22.6 Å². The van der Waals surface area contributed by atoms with E-state index in [0.29, 0.717) is 34.0 Å². The highest BCUT2D eigenvalue weighted by atomic mass is 79.9. The second-order valence-corrected chi connectivity index (χ2v) is 9.45. The third-order valence-corrected chi connectivity index (χ3v) is 7.49. The first-order valence-electron chi connectivity index (χ1n) is 8.60. The van der Waals surface area contributed by atoms with Gasteiger partial charge in [-0.3, -0.25) is 0 Å². The van der Waals surface area contributed by atoms with E-state index < -0.39 is 10.0 Å². The molecule has 0 aliphatic carbocycles. The summed E-state index contributed by atoms with van der Waals surface area (Å²) >= 11 is 9.46. The van der Waals surface area contributed by atoms with Crippen LogP contribution in [0.3, 0.4) is 0 Å². The van der Waals surface area contributed by atoms with Gasteiger partial charge >= 0.3 is 0 Å². The van der Waals surface area contributed by atoms with Gasteiger partial charge in [0.05, 0.1) is 31.8 Å². The number of sulfonamides is 1. The molecule has 3 rings (SSSR count). The molecule has 0 bridgehead atoms. The average molecular weight is 491 g/mol. The van der Waals surface area contributed by atoms with E-state index in [2.05, 4.69) is 15.9 Å². The summed E-state index contributed by atoms with van der Waals surface area (Å²) in [7, 11) is 0.698. The number of halogens is 2. The number of hydrogen-bond acceptors (Lipinski definition) is 5. The van der Waals surface area contributed by atoms with Gasteiger partial charge in [0.2, 0.25) is 10.0 Å². The molecule has 0 saturated carbocycles. The van der Waals surface area contributed by atoms with Crippen molar-refractivity contribution >= 4 is 37.6 Å². The number of benzene rings is 2. The first kappa shape index (κ1) is 21.2. The minimum Gasteiger partial charge on any atom is -0.497 e. The normalized spacial score (nSPS) is 17.5. The maximum absolute atomic E-state index is 13.6. The summed E-state index contributed by atoms with van der Waals surface area (Å²) in [5.41, 5.74) is 0.767. The van der Waals surface area contributed by atoms with Crippen LogP contribution in [0.1, 0.15) is 24.4 Å². The van der Waals surface area contributed by atoms with Crippen molar-refractivity contribution in [2.75, 3.05) is 27.9 Å². The Labute approximate surface area is 178 Å². The van der Waals surface area contributed by atoms with E-state index >= 15 is 0 Å². The molecule has 9 heteroatoms. The summed E-state index contributed by atoms with van der Waals surface area (Å²) in [6, 6.07) is 8.03. The SMILES string of the molecule is COc1ccc(OC)c(C2CCCN2S(=O)(=O)c2cc(Cl)cc(Br)c2OC)c1. The van der Waals surface area contributed by atoms with E-state index in [-0.39, 0.29) is 16.7 Å². The van der Waals surface area contributed by atoms with Gasteiger partial charge in [-0.1, -0.05) is 11.6 Å². The standard InChI is InChI=1S/C19H21BrClNO5S/c1-25-13-6-7-17(26-2)14(11-13)16-5-4-8-22(16)28(23,24)18-10-12(21)9-15(20)19(18)27-3/h6-7,9-11,16H,4-5,8H2,1-3H3. The Balaban J connectivity index is 2.11. The van der Waals surface area contributed by atoms with Crippen molar-refractivity contribution in [2.45, 2.75) is 23.8 Å². The Morgan fingerprint density at radius 3 is 2.50 bits per heavy atom. The van der Waals surface area contributed by atoms with E-state index in [0.717, 1.165) is 12.0 Å². The largest absolute Gasteiger partial charge is 0.497 e. The first-order chi connectivity index (χ1) is 13.3. The first-order valence-corrected chi connectivity index (χ1v) is 11.2. The van der Waals surface area contributed by atoms with E-state index in [9.17, 15) is 8.42 Å². The lowest BCUT2D eigenvalue weighted by Gasteiger charge is -2.27. The smallest absolute Gasteiger partial charge is 0.247 e. The lowest BCUT2D eigenvalue weighted by atomic mass is 10.0. The average Bonchev–Trinajstić information content (AvgIpc) is 3.17. The molecule has 1 aliphatic heterocycles. The number of nitrogens with zero attached hydrogens (tertiary/aromatic N) is 1. The van der Waals surface area contributed by atoms with Crippen LogP contribution in [-0.4, -0.2) is 40.6 Å². The van der Waals surface area contributed by atoms with Gasteiger partial charge in [-0.15, -0.1) is 0 Å². The van der Waals surface area contributed by atoms with E-state index in [4.69, 9.17) is 25.8 Å². The molecule has 0 radical (unpaired) electrons. The van der Waals surface area contributed by atoms with Crippen LogP contribution in [0.15, 0.2) is 39.7 Å². The Kier molecular flexibility index (Phi) is 6.44. The zero-order valence-electron chi connectivity index (χ0n) is 15.7. The molecule has 1 heterocycles. The molecule has 1 aliphatic rings. The summed E-state index contributed by atoms with van der Waals surface area (Å²) in [5.74, 6) is 1.49. The molecule has 0 aromatic heterocycles. The van der Waals surface area contributed by atoms with Gasteiger partial charge in [0.1, 0.15) is 16.4 Å². The van der Waals surface area contributed by atoms with Gasteiger partial charge in [-0.05, 0) is 59.1 Å². The zero-order valence-corrected chi connectivity index (χ0v) is 18.9. The lowest BCUT2D eigenvalue weighted by molar-refractivity contribution is 0.358. The molecular formula is C19H21BrClNO5S. The molecule has 2 aromatic rings. The molecule has 6 nitrogen and oxygen atoms in total. The van der Waals surface area contributed by atoms with Crippen molar-refractivity contribution in [1.82, 2.24) is 4.31 Å². The molecule has 152 valence electrons. The third kappa shape index (κ3) is 3.83. The van der Waals surface area contributed by atoms with Gasteiger partial charge in [0, 0.05) is 17.1 Å². The molecule has 1 saturated heterocycles. The summed E-state index contributed by atoms with van der Waals surface area (Å²) < 4.78 is 45.2. The highest BCUT2D eigenvalue weighted by Crippen LogP contribution is 2.44. The van der Waals surface area contributed by atoms with Crippen LogP contribution >= 0.6 is 27.5 Å².